The Morgan fingerprint density at radius 2 is 2.14 bits per heavy atom. The van der Waals surface area contributed by atoms with Crippen LogP contribution in [-0.4, -0.2) is 66.1 Å². The zero-order valence-electron chi connectivity index (χ0n) is 14.3. The smallest absolute Gasteiger partial charge is 0.351 e. The predicted octanol–water partition coefficient (Wildman–Crippen LogP) is -0.956. The van der Waals surface area contributed by atoms with Gasteiger partial charge in [0.1, 0.15) is 36.2 Å². The number of rotatable bonds is 4. The molecule has 0 radical (unpaired) electrons. The fraction of sp³-hybridized carbons (Fsp3) is 0.357. The van der Waals surface area contributed by atoms with Crippen molar-refractivity contribution in [1.29, 1.82) is 0 Å². The highest BCUT2D eigenvalue weighted by Crippen LogP contribution is 2.32. The second-order valence-electron chi connectivity index (χ2n) is 6.21. The van der Waals surface area contributed by atoms with Crippen molar-refractivity contribution in [2.75, 3.05) is 11.5 Å². The van der Waals surface area contributed by atoms with Crippen LogP contribution in [-0.2, 0) is 14.8 Å². The molecule has 0 bridgehead atoms. The Morgan fingerprint density at radius 1 is 1.38 bits per heavy atom. The summed E-state index contributed by atoms with van der Waals surface area (Å²) in [7, 11) is -4.12. The van der Waals surface area contributed by atoms with Gasteiger partial charge in [0.15, 0.2) is 18.0 Å². The molecule has 1 aliphatic rings. The molecule has 154 valence electrons. The molecule has 12 nitrogen and oxygen atoms in total. The molecule has 0 saturated carbocycles. The first-order chi connectivity index (χ1) is 13.7. The summed E-state index contributed by atoms with van der Waals surface area (Å²) in [5, 5.41) is 10.2. The number of hydrogen-bond acceptors (Lipinski definition) is 10. The molecule has 4 atom stereocenters. The van der Waals surface area contributed by atoms with Gasteiger partial charge >= 0.3 is 5.69 Å². The molecule has 3 aromatic heterocycles. The van der Waals surface area contributed by atoms with Crippen LogP contribution in [0.25, 0.3) is 11.2 Å². The number of nitrogen functional groups attached to an aromatic ring is 1. The van der Waals surface area contributed by atoms with Gasteiger partial charge in [-0.2, -0.15) is 4.98 Å². The van der Waals surface area contributed by atoms with Gasteiger partial charge in [-0.3, -0.25) is 4.57 Å². The van der Waals surface area contributed by atoms with Crippen LogP contribution in [0.15, 0.2) is 29.8 Å². The minimum absolute atomic E-state index is 0.0332. The minimum Gasteiger partial charge on any atom is -0.387 e. The molecule has 0 spiro atoms. The molecule has 3 aromatic rings. The molecular formula is C14H13FIN7O5S. The van der Waals surface area contributed by atoms with Crippen molar-refractivity contribution in [3.05, 3.63) is 39.1 Å². The lowest BCUT2D eigenvalue weighted by molar-refractivity contribution is -0.0171. The number of hydrogen-bond donors (Lipinski definition) is 2. The van der Waals surface area contributed by atoms with E-state index in [1.54, 1.807) is 22.6 Å². The van der Waals surface area contributed by atoms with Gasteiger partial charge in [0, 0.05) is 6.20 Å². The van der Waals surface area contributed by atoms with Crippen LogP contribution in [0.2, 0.25) is 0 Å². The molecule has 1 aliphatic heterocycles. The van der Waals surface area contributed by atoms with Crippen LogP contribution in [0.1, 0.15) is 6.23 Å². The van der Waals surface area contributed by atoms with E-state index in [2.05, 4.69) is 19.9 Å². The van der Waals surface area contributed by atoms with Crippen molar-refractivity contribution in [1.82, 2.24) is 28.5 Å². The van der Waals surface area contributed by atoms with Crippen molar-refractivity contribution in [2.24, 2.45) is 0 Å². The van der Waals surface area contributed by atoms with Gasteiger partial charge in [-0.1, -0.05) is 0 Å². The van der Waals surface area contributed by atoms with E-state index < -0.39 is 46.1 Å². The normalized spacial score (nSPS) is 24.9. The quantitative estimate of drug-likeness (QED) is 0.396. The molecule has 3 N–H and O–H groups in total. The second kappa shape index (κ2) is 7.22. The van der Waals surface area contributed by atoms with E-state index in [-0.39, 0.29) is 17.0 Å². The molecule has 29 heavy (non-hydrogen) atoms. The monoisotopic (exact) mass is 537 g/mol. The topological polar surface area (TPSA) is 168 Å². The lowest BCUT2D eigenvalue weighted by Crippen LogP contribution is -2.35. The van der Waals surface area contributed by atoms with Gasteiger partial charge in [-0.15, -0.1) is 0 Å². The summed E-state index contributed by atoms with van der Waals surface area (Å²) >= 11 is 1.80. The molecule has 4 heterocycles. The van der Waals surface area contributed by atoms with Gasteiger partial charge in [0.05, 0.1) is 15.5 Å². The number of halogens is 2. The van der Waals surface area contributed by atoms with E-state index in [1.807, 2.05) is 0 Å². The molecule has 0 unspecified atom stereocenters. The van der Waals surface area contributed by atoms with Crippen molar-refractivity contribution in [3.63, 3.8) is 0 Å². The summed E-state index contributed by atoms with van der Waals surface area (Å²) in [6.07, 6.45) is -2.09. The molecule has 1 fully saturated rings. The Hall–Kier alpha value is -2.24. The number of nitrogens with two attached hydrogens (primary N) is 1. The number of aliphatic hydroxyl groups excluding tert-OH is 1. The van der Waals surface area contributed by atoms with E-state index >= 15 is 0 Å². The predicted molar refractivity (Wildman–Crippen MR) is 105 cm³/mol. The molecule has 15 heteroatoms. The number of aromatic nitrogens is 6. The second-order valence-corrected chi connectivity index (χ2v) is 9.27. The number of aliphatic hydroxyl groups is 1. The Kier molecular flexibility index (Phi) is 4.99. The highest BCUT2D eigenvalue weighted by molar-refractivity contribution is 14.1. The van der Waals surface area contributed by atoms with Gasteiger partial charge in [-0.25, -0.2) is 36.5 Å². The first-order valence-electron chi connectivity index (χ1n) is 8.07. The maximum absolute atomic E-state index is 14.7. The Bertz CT molecular complexity index is 1250. The van der Waals surface area contributed by atoms with Gasteiger partial charge in [0.2, 0.25) is 10.0 Å². The van der Waals surface area contributed by atoms with Crippen molar-refractivity contribution in [3.8, 4) is 0 Å². The van der Waals surface area contributed by atoms with E-state index in [0.29, 0.717) is 3.57 Å². The summed E-state index contributed by atoms with van der Waals surface area (Å²) in [4.78, 5) is 27.1. The van der Waals surface area contributed by atoms with E-state index in [0.717, 1.165) is 14.9 Å². The summed E-state index contributed by atoms with van der Waals surface area (Å²) in [5.41, 5.74) is 4.95. The van der Waals surface area contributed by atoms with Crippen LogP contribution in [0, 0.1) is 3.57 Å². The zero-order valence-corrected chi connectivity index (χ0v) is 17.3. The van der Waals surface area contributed by atoms with Crippen molar-refractivity contribution < 1.29 is 22.7 Å². The Labute approximate surface area is 175 Å². The first kappa shape index (κ1) is 20.0. The summed E-state index contributed by atoms with van der Waals surface area (Å²) in [6, 6.07) is 0. The summed E-state index contributed by atoms with van der Waals surface area (Å²) in [6.45, 7) is 0. The van der Waals surface area contributed by atoms with Crippen LogP contribution in [0.4, 0.5) is 10.2 Å². The maximum Gasteiger partial charge on any atom is 0.351 e. The minimum atomic E-state index is -4.12. The van der Waals surface area contributed by atoms with E-state index in [1.165, 1.54) is 18.7 Å². The highest BCUT2D eigenvalue weighted by Gasteiger charge is 2.47. The molecule has 0 aromatic carbocycles. The van der Waals surface area contributed by atoms with E-state index in [9.17, 15) is 22.7 Å². The standard InChI is InChI=1S/C14H13FIN7O5S/c15-9-10(24)8(28-13(9)22-2-6(16)11(17)21-14(22)25)3-29(26,27)23-5-20-12-7(23)1-18-4-19-12/h1-2,4-5,8-10,13,24H,3H2,(H2,17,21,25)/t8-,9+,10-,13-/m1/s1. The molecular weight excluding hydrogens is 524 g/mol. The first-order valence-corrected chi connectivity index (χ1v) is 10.8. The fourth-order valence-electron chi connectivity index (χ4n) is 2.95. The number of alkyl halides is 1. The number of fused-ring (bicyclic) bond motifs is 1. The van der Waals surface area contributed by atoms with Crippen molar-refractivity contribution >= 4 is 49.6 Å². The molecule has 0 aliphatic carbocycles. The largest absolute Gasteiger partial charge is 0.387 e. The third-order valence-corrected chi connectivity index (χ3v) is 6.84. The number of nitrogens with zero attached hydrogens (tertiary/aromatic N) is 6. The average molecular weight is 537 g/mol. The maximum atomic E-state index is 14.7. The van der Waals surface area contributed by atoms with Gasteiger partial charge in [-0.05, 0) is 22.6 Å². The third kappa shape index (κ3) is 3.47. The number of ether oxygens (including phenoxy) is 1. The average Bonchev–Trinajstić information content (AvgIpc) is 3.22. The third-order valence-electron chi connectivity index (χ3n) is 4.37. The molecule has 0 amide bonds. The van der Waals surface area contributed by atoms with Crippen LogP contribution >= 0.6 is 22.6 Å². The van der Waals surface area contributed by atoms with Gasteiger partial charge < -0.3 is 15.6 Å². The Morgan fingerprint density at radius 3 is 2.90 bits per heavy atom. The number of anilines is 1. The van der Waals surface area contributed by atoms with Crippen LogP contribution < -0.4 is 11.4 Å². The lowest BCUT2D eigenvalue weighted by Gasteiger charge is -2.17. The highest BCUT2D eigenvalue weighted by atomic mass is 127. The van der Waals surface area contributed by atoms with Crippen LogP contribution in [0.5, 0.6) is 0 Å². The lowest BCUT2D eigenvalue weighted by atomic mass is 10.2. The molecule has 1 saturated heterocycles. The molecule has 4 rings (SSSR count). The van der Waals surface area contributed by atoms with Gasteiger partial charge in [0.25, 0.3) is 0 Å². The van der Waals surface area contributed by atoms with E-state index in [4.69, 9.17) is 10.5 Å². The zero-order chi connectivity index (χ0) is 20.9. The number of imidazole rings is 1. The Balaban J connectivity index is 1.63. The SMILES string of the molecule is Nc1nc(=O)n([C@@H]2O[C@H](CS(=O)(=O)n3cnc4ncncc43)[C@@H](O)[C@@H]2F)cc1I. The van der Waals surface area contributed by atoms with Crippen LogP contribution in [0.3, 0.4) is 0 Å². The summed E-state index contributed by atoms with van der Waals surface area (Å²) in [5.74, 6) is -0.797. The van der Waals surface area contributed by atoms with Crippen molar-refractivity contribution in [2.45, 2.75) is 24.6 Å². The summed E-state index contributed by atoms with van der Waals surface area (Å²) < 4.78 is 47.7. The fourth-order valence-corrected chi connectivity index (χ4v) is 4.85.